The van der Waals surface area contributed by atoms with E-state index in [1.807, 2.05) is 24.3 Å². The highest BCUT2D eigenvalue weighted by Gasteiger charge is 2.25. The van der Waals surface area contributed by atoms with Gasteiger partial charge in [-0.05, 0) is 42.8 Å². The summed E-state index contributed by atoms with van der Waals surface area (Å²) in [6, 6.07) is 14.1. The summed E-state index contributed by atoms with van der Waals surface area (Å²) in [5.74, 6) is 1.26. The van der Waals surface area contributed by atoms with Gasteiger partial charge in [0.2, 0.25) is 0 Å². The first-order valence-corrected chi connectivity index (χ1v) is 8.71. The quantitative estimate of drug-likeness (QED) is 0.792. The van der Waals surface area contributed by atoms with Crippen molar-refractivity contribution in [3.8, 4) is 17.2 Å². The molecular formula is C19H22ClNO4. The molecule has 134 valence electrons. The Morgan fingerprint density at radius 3 is 2.68 bits per heavy atom. The first-order valence-electron chi connectivity index (χ1n) is 8.33. The Balaban J connectivity index is 1.41. The largest absolute Gasteiger partial charge is 0.504 e. The molecule has 1 saturated heterocycles. The van der Waals surface area contributed by atoms with Crippen molar-refractivity contribution in [2.75, 3.05) is 26.2 Å². The second kappa shape index (κ2) is 8.43. The van der Waals surface area contributed by atoms with Crippen molar-refractivity contribution in [3.63, 3.8) is 0 Å². The fourth-order valence-electron chi connectivity index (χ4n) is 2.88. The van der Waals surface area contributed by atoms with Gasteiger partial charge in [0.25, 0.3) is 0 Å². The number of hydrogen-bond donors (Lipinski definition) is 2. The molecule has 0 radical (unpaired) electrons. The zero-order valence-corrected chi connectivity index (χ0v) is 14.6. The number of aliphatic hydroxyl groups excluding tert-OH is 1. The maximum atomic E-state index is 10.2. The number of benzene rings is 2. The molecule has 25 heavy (non-hydrogen) atoms. The molecule has 2 N–H and O–H groups in total. The topological polar surface area (TPSA) is 62.2 Å². The van der Waals surface area contributed by atoms with E-state index in [2.05, 4.69) is 4.90 Å². The molecule has 2 atom stereocenters. The Morgan fingerprint density at radius 2 is 1.92 bits per heavy atom. The van der Waals surface area contributed by atoms with E-state index in [-0.39, 0.29) is 18.5 Å². The molecule has 0 aromatic heterocycles. The summed E-state index contributed by atoms with van der Waals surface area (Å²) >= 11 is 5.87. The first-order chi connectivity index (χ1) is 12.1. The summed E-state index contributed by atoms with van der Waals surface area (Å²) in [6.45, 7) is 2.27. The third-order valence-electron chi connectivity index (χ3n) is 4.11. The monoisotopic (exact) mass is 363 g/mol. The highest BCUT2D eigenvalue weighted by Crippen LogP contribution is 2.24. The molecule has 1 fully saturated rings. The third-order valence-corrected chi connectivity index (χ3v) is 4.36. The van der Waals surface area contributed by atoms with Crippen LogP contribution in [0.15, 0.2) is 48.5 Å². The maximum absolute atomic E-state index is 10.2. The molecule has 1 aliphatic heterocycles. The lowest BCUT2D eigenvalue weighted by atomic mass is 10.3. The smallest absolute Gasteiger partial charge is 0.161 e. The lowest BCUT2D eigenvalue weighted by Crippen LogP contribution is -2.35. The summed E-state index contributed by atoms with van der Waals surface area (Å²) in [5.41, 5.74) is 0. The van der Waals surface area contributed by atoms with E-state index in [9.17, 15) is 10.2 Å². The van der Waals surface area contributed by atoms with Crippen LogP contribution in [0.4, 0.5) is 0 Å². The number of phenolic OH excluding ortho intramolecular Hbond substituents is 1. The van der Waals surface area contributed by atoms with Crippen LogP contribution in [0, 0.1) is 0 Å². The molecule has 0 unspecified atom stereocenters. The number of para-hydroxylation sites is 2. The number of hydrogen-bond acceptors (Lipinski definition) is 5. The minimum absolute atomic E-state index is 0.0762. The van der Waals surface area contributed by atoms with Crippen molar-refractivity contribution in [1.29, 1.82) is 0 Å². The average molecular weight is 364 g/mol. The summed E-state index contributed by atoms with van der Waals surface area (Å²) in [5, 5.41) is 20.5. The standard InChI is InChI=1S/C19H22ClNO4/c20-14-5-7-16(8-6-14)25-17-9-10-21(12-17)11-15(22)13-24-19-4-2-1-3-18(19)23/h1-8,15,17,22-23H,9-13H2/t15-,17+/m1/s1. The van der Waals surface area contributed by atoms with E-state index in [4.69, 9.17) is 21.1 Å². The number of halogens is 1. The van der Waals surface area contributed by atoms with Crippen molar-refractivity contribution in [3.05, 3.63) is 53.6 Å². The summed E-state index contributed by atoms with van der Waals surface area (Å²) in [7, 11) is 0. The molecule has 0 saturated carbocycles. The fourth-order valence-corrected chi connectivity index (χ4v) is 3.01. The van der Waals surface area contributed by atoms with Crippen LogP contribution in [0.3, 0.4) is 0 Å². The Bertz CT molecular complexity index is 679. The number of aromatic hydroxyl groups is 1. The predicted molar refractivity (Wildman–Crippen MR) is 96.5 cm³/mol. The van der Waals surface area contributed by atoms with Crippen LogP contribution in [0.2, 0.25) is 5.02 Å². The van der Waals surface area contributed by atoms with E-state index >= 15 is 0 Å². The molecule has 3 rings (SSSR count). The Kier molecular flexibility index (Phi) is 6.02. The van der Waals surface area contributed by atoms with Gasteiger partial charge in [-0.25, -0.2) is 0 Å². The van der Waals surface area contributed by atoms with Gasteiger partial charge in [-0.2, -0.15) is 0 Å². The first kappa shape index (κ1) is 17.9. The molecule has 2 aromatic carbocycles. The predicted octanol–water partition coefficient (Wildman–Crippen LogP) is 2.94. The Hall–Kier alpha value is -1.95. The molecule has 0 spiro atoms. The third kappa shape index (κ3) is 5.26. The molecule has 0 amide bonds. The van der Waals surface area contributed by atoms with Gasteiger partial charge in [0.15, 0.2) is 11.5 Å². The number of β-amino-alcohol motifs (C(OH)–C–C–N with tert-alkyl or cyclic N) is 1. The average Bonchev–Trinajstić information content (AvgIpc) is 3.03. The van der Waals surface area contributed by atoms with E-state index < -0.39 is 6.10 Å². The number of ether oxygens (including phenoxy) is 2. The number of rotatable bonds is 7. The maximum Gasteiger partial charge on any atom is 0.161 e. The van der Waals surface area contributed by atoms with E-state index in [1.165, 1.54) is 0 Å². The summed E-state index contributed by atoms with van der Waals surface area (Å²) in [4.78, 5) is 2.15. The van der Waals surface area contributed by atoms with Crippen LogP contribution in [0.5, 0.6) is 17.2 Å². The normalized spacial score (nSPS) is 18.9. The lowest BCUT2D eigenvalue weighted by Gasteiger charge is -2.20. The van der Waals surface area contributed by atoms with E-state index in [0.717, 1.165) is 25.3 Å². The zero-order valence-electron chi connectivity index (χ0n) is 13.8. The number of nitrogens with zero attached hydrogens (tertiary/aromatic N) is 1. The lowest BCUT2D eigenvalue weighted by molar-refractivity contribution is 0.0710. The van der Waals surface area contributed by atoms with Crippen LogP contribution >= 0.6 is 11.6 Å². The Labute approximate surface area is 152 Å². The molecular weight excluding hydrogens is 342 g/mol. The van der Waals surface area contributed by atoms with Gasteiger partial charge in [0, 0.05) is 24.7 Å². The fraction of sp³-hybridized carbons (Fsp3) is 0.368. The second-order valence-electron chi connectivity index (χ2n) is 6.17. The minimum atomic E-state index is -0.631. The highest BCUT2D eigenvalue weighted by atomic mass is 35.5. The van der Waals surface area contributed by atoms with Gasteiger partial charge >= 0.3 is 0 Å². The van der Waals surface area contributed by atoms with Crippen molar-refractivity contribution >= 4 is 11.6 Å². The van der Waals surface area contributed by atoms with Gasteiger partial charge in [-0.1, -0.05) is 23.7 Å². The van der Waals surface area contributed by atoms with Crippen LogP contribution in [0.25, 0.3) is 0 Å². The molecule has 2 aromatic rings. The van der Waals surface area contributed by atoms with Crippen molar-refractivity contribution in [2.45, 2.75) is 18.6 Å². The Morgan fingerprint density at radius 1 is 1.16 bits per heavy atom. The van der Waals surface area contributed by atoms with Gasteiger partial charge in [0.1, 0.15) is 24.6 Å². The number of aliphatic hydroxyl groups is 1. The van der Waals surface area contributed by atoms with Crippen LogP contribution in [-0.2, 0) is 0 Å². The van der Waals surface area contributed by atoms with Gasteiger partial charge < -0.3 is 19.7 Å². The zero-order chi connectivity index (χ0) is 17.6. The van der Waals surface area contributed by atoms with E-state index in [0.29, 0.717) is 17.3 Å². The number of likely N-dealkylation sites (tertiary alicyclic amines) is 1. The van der Waals surface area contributed by atoms with Crippen LogP contribution < -0.4 is 9.47 Å². The van der Waals surface area contributed by atoms with Gasteiger partial charge in [0.05, 0.1) is 0 Å². The van der Waals surface area contributed by atoms with Gasteiger partial charge in [-0.15, -0.1) is 0 Å². The molecule has 1 aliphatic rings. The number of phenols is 1. The molecule has 0 bridgehead atoms. The van der Waals surface area contributed by atoms with Crippen LogP contribution in [-0.4, -0.2) is 53.6 Å². The molecule has 0 aliphatic carbocycles. The van der Waals surface area contributed by atoms with Gasteiger partial charge in [-0.3, -0.25) is 4.90 Å². The van der Waals surface area contributed by atoms with Crippen molar-refractivity contribution < 1.29 is 19.7 Å². The SMILES string of the molecule is Oc1ccccc1OC[C@H](O)CN1CC[C@H](Oc2ccc(Cl)cc2)C1. The van der Waals surface area contributed by atoms with Crippen molar-refractivity contribution in [1.82, 2.24) is 4.90 Å². The minimum Gasteiger partial charge on any atom is -0.504 e. The summed E-state index contributed by atoms with van der Waals surface area (Å²) in [6.07, 6.45) is 0.386. The van der Waals surface area contributed by atoms with E-state index in [1.54, 1.807) is 24.3 Å². The van der Waals surface area contributed by atoms with Crippen molar-refractivity contribution in [2.24, 2.45) is 0 Å². The molecule has 5 nitrogen and oxygen atoms in total. The second-order valence-corrected chi connectivity index (χ2v) is 6.61. The van der Waals surface area contributed by atoms with Crippen LogP contribution in [0.1, 0.15) is 6.42 Å². The highest BCUT2D eigenvalue weighted by molar-refractivity contribution is 6.30. The summed E-state index contributed by atoms with van der Waals surface area (Å²) < 4.78 is 11.4. The molecule has 6 heteroatoms. The molecule has 1 heterocycles.